The molecule has 1 heterocycles. The molecule has 1 atom stereocenters. The molecule has 1 amide bonds. The first-order valence-electron chi connectivity index (χ1n) is 14.4. The molecule has 5 aromatic rings. The first-order valence-corrected chi connectivity index (χ1v) is 14.4. The number of aryl methyl sites for hydroxylation is 2. The van der Waals surface area contributed by atoms with Crippen LogP contribution in [-0.4, -0.2) is 27.6 Å². The Hall–Kier alpha value is -5.11. The van der Waals surface area contributed by atoms with E-state index >= 15 is 0 Å². The molecule has 1 unspecified atom stereocenters. The van der Waals surface area contributed by atoms with Crippen LogP contribution in [0.15, 0.2) is 105 Å². The molecular formula is C35H33N3O5. The Morgan fingerprint density at radius 1 is 0.977 bits per heavy atom. The number of hydrogen-bond acceptors (Lipinski definition) is 5. The van der Waals surface area contributed by atoms with E-state index in [0.717, 1.165) is 51.8 Å². The van der Waals surface area contributed by atoms with Crippen LogP contribution in [0.3, 0.4) is 0 Å². The van der Waals surface area contributed by atoms with Crippen LogP contribution >= 0.6 is 0 Å². The SMILES string of the molecule is Cc1cc(C(=O)N(C)C2CCCc3ccccc32)ccc1-c1cccc(COc2ccc(Cn3oc(=O)[nH]c3=O)cc2)c1. The van der Waals surface area contributed by atoms with Crippen molar-refractivity contribution in [1.29, 1.82) is 0 Å². The fourth-order valence-corrected chi connectivity index (χ4v) is 5.87. The molecule has 0 aliphatic heterocycles. The van der Waals surface area contributed by atoms with Gasteiger partial charge in [-0.2, -0.15) is 0 Å². The van der Waals surface area contributed by atoms with Crippen LogP contribution in [0.25, 0.3) is 11.1 Å². The number of nitrogens with zero attached hydrogens (tertiary/aromatic N) is 2. The number of fused-ring (bicyclic) bond motifs is 1. The van der Waals surface area contributed by atoms with Crippen LogP contribution in [-0.2, 0) is 19.6 Å². The summed E-state index contributed by atoms with van der Waals surface area (Å²) in [6.07, 6.45) is 3.13. The van der Waals surface area contributed by atoms with Crippen LogP contribution in [0.1, 0.15) is 57.1 Å². The number of H-pyrrole nitrogens is 1. The lowest BCUT2D eigenvalue weighted by Gasteiger charge is -2.33. The number of amides is 1. The van der Waals surface area contributed by atoms with Gasteiger partial charge in [0.05, 0.1) is 12.6 Å². The highest BCUT2D eigenvalue weighted by Crippen LogP contribution is 2.34. The van der Waals surface area contributed by atoms with E-state index in [-0.39, 0.29) is 18.5 Å². The molecule has 8 heteroatoms. The van der Waals surface area contributed by atoms with Crippen molar-refractivity contribution in [1.82, 2.24) is 14.6 Å². The van der Waals surface area contributed by atoms with Gasteiger partial charge < -0.3 is 14.2 Å². The predicted octanol–water partition coefficient (Wildman–Crippen LogP) is 5.88. The minimum Gasteiger partial charge on any atom is -0.489 e. The van der Waals surface area contributed by atoms with Gasteiger partial charge in [-0.25, -0.2) is 14.6 Å². The Balaban J connectivity index is 1.11. The van der Waals surface area contributed by atoms with E-state index in [0.29, 0.717) is 17.9 Å². The van der Waals surface area contributed by atoms with Crippen LogP contribution in [0.5, 0.6) is 5.75 Å². The number of ether oxygens (including phenoxy) is 1. The van der Waals surface area contributed by atoms with Crippen molar-refractivity contribution in [3.63, 3.8) is 0 Å². The molecule has 1 aliphatic carbocycles. The molecule has 6 rings (SSSR count). The second-order valence-electron chi connectivity index (χ2n) is 11.0. The number of aromatic amines is 1. The third-order valence-electron chi connectivity index (χ3n) is 8.12. The Kier molecular flexibility index (Phi) is 7.83. The van der Waals surface area contributed by atoms with Gasteiger partial charge in [0.25, 0.3) is 5.91 Å². The molecule has 0 saturated heterocycles. The Bertz CT molecular complexity index is 1880. The van der Waals surface area contributed by atoms with Crippen LogP contribution in [0, 0.1) is 6.92 Å². The fourth-order valence-electron chi connectivity index (χ4n) is 5.87. The molecule has 4 aromatic carbocycles. The summed E-state index contributed by atoms with van der Waals surface area (Å²) in [5, 5.41) is 0. The Labute approximate surface area is 249 Å². The molecular weight excluding hydrogens is 542 g/mol. The van der Waals surface area contributed by atoms with E-state index in [1.165, 1.54) is 11.1 Å². The van der Waals surface area contributed by atoms with Gasteiger partial charge in [-0.1, -0.05) is 60.7 Å². The fraction of sp³-hybridized carbons (Fsp3) is 0.229. The van der Waals surface area contributed by atoms with Crippen molar-refractivity contribution in [3.05, 3.63) is 145 Å². The molecule has 43 heavy (non-hydrogen) atoms. The number of carbonyl (C=O) groups is 1. The van der Waals surface area contributed by atoms with Crippen molar-refractivity contribution < 1.29 is 14.1 Å². The molecule has 1 aliphatic rings. The predicted molar refractivity (Wildman–Crippen MR) is 164 cm³/mol. The quantitative estimate of drug-likeness (QED) is 0.249. The zero-order valence-electron chi connectivity index (χ0n) is 24.2. The van der Waals surface area contributed by atoms with Gasteiger partial charge in [0.15, 0.2) is 0 Å². The maximum Gasteiger partial charge on any atom is 0.440 e. The van der Waals surface area contributed by atoms with Crippen molar-refractivity contribution in [2.45, 2.75) is 45.4 Å². The lowest BCUT2D eigenvalue weighted by Crippen LogP contribution is -2.33. The second kappa shape index (κ2) is 12.0. The maximum atomic E-state index is 13.5. The second-order valence-corrected chi connectivity index (χ2v) is 11.0. The first-order chi connectivity index (χ1) is 20.9. The molecule has 0 spiro atoms. The summed E-state index contributed by atoms with van der Waals surface area (Å²) in [5.41, 5.74) is 7.68. The summed E-state index contributed by atoms with van der Waals surface area (Å²) in [7, 11) is 1.91. The highest BCUT2D eigenvalue weighted by molar-refractivity contribution is 5.95. The molecule has 0 radical (unpaired) electrons. The summed E-state index contributed by atoms with van der Waals surface area (Å²) < 4.78 is 11.8. The van der Waals surface area contributed by atoms with Crippen LogP contribution in [0.4, 0.5) is 0 Å². The average molecular weight is 576 g/mol. The monoisotopic (exact) mass is 575 g/mol. The highest BCUT2D eigenvalue weighted by Gasteiger charge is 2.27. The minimum absolute atomic E-state index is 0.0363. The minimum atomic E-state index is -0.777. The summed E-state index contributed by atoms with van der Waals surface area (Å²) in [6.45, 7) is 2.57. The Morgan fingerprint density at radius 3 is 2.56 bits per heavy atom. The third kappa shape index (κ3) is 6.09. The maximum absolute atomic E-state index is 13.5. The number of nitrogens with one attached hydrogen (secondary N) is 1. The number of carbonyl (C=O) groups excluding carboxylic acids is 1. The normalized spacial score (nSPS) is 14.2. The third-order valence-corrected chi connectivity index (χ3v) is 8.12. The van der Waals surface area contributed by atoms with Crippen molar-refractivity contribution in [2.75, 3.05) is 7.05 Å². The van der Waals surface area contributed by atoms with E-state index in [1.807, 2.05) is 73.5 Å². The summed E-state index contributed by atoms with van der Waals surface area (Å²) >= 11 is 0. The molecule has 0 bridgehead atoms. The summed E-state index contributed by atoms with van der Waals surface area (Å²) in [4.78, 5) is 40.3. The van der Waals surface area contributed by atoms with Crippen LogP contribution in [0.2, 0.25) is 0 Å². The molecule has 218 valence electrons. The molecule has 8 nitrogen and oxygen atoms in total. The van der Waals surface area contributed by atoms with Crippen molar-refractivity contribution >= 4 is 5.91 Å². The van der Waals surface area contributed by atoms with Gasteiger partial charge >= 0.3 is 11.4 Å². The zero-order chi connectivity index (χ0) is 29.9. The van der Waals surface area contributed by atoms with Gasteiger partial charge in [-0.3, -0.25) is 4.79 Å². The van der Waals surface area contributed by atoms with Gasteiger partial charge in [0.2, 0.25) is 0 Å². The van der Waals surface area contributed by atoms with E-state index in [4.69, 9.17) is 9.26 Å². The first kappa shape index (κ1) is 28.0. The van der Waals surface area contributed by atoms with E-state index < -0.39 is 11.4 Å². The van der Waals surface area contributed by atoms with Gasteiger partial charge in [0, 0.05) is 12.6 Å². The van der Waals surface area contributed by atoms with Crippen LogP contribution < -0.4 is 16.2 Å². The number of rotatable bonds is 8. The molecule has 0 fully saturated rings. The van der Waals surface area contributed by atoms with Crippen molar-refractivity contribution in [3.8, 4) is 16.9 Å². The molecule has 0 saturated carbocycles. The van der Waals surface area contributed by atoms with Gasteiger partial charge in [0.1, 0.15) is 12.4 Å². The lowest BCUT2D eigenvalue weighted by molar-refractivity contribution is 0.0715. The summed E-state index contributed by atoms with van der Waals surface area (Å²) in [6, 6.07) is 30.0. The Morgan fingerprint density at radius 2 is 1.79 bits per heavy atom. The van der Waals surface area contributed by atoms with Gasteiger partial charge in [-0.05, 0) is 95.5 Å². The largest absolute Gasteiger partial charge is 0.489 e. The smallest absolute Gasteiger partial charge is 0.440 e. The number of hydrogen-bond donors (Lipinski definition) is 1. The highest BCUT2D eigenvalue weighted by atomic mass is 16.5. The molecule has 1 N–H and O–H groups in total. The van der Waals surface area contributed by atoms with Crippen molar-refractivity contribution in [2.24, 2.45) is 0 Å². The number of aromatic nitrogens is 2. The topological polar surface area (TPSA) is 97.5 Å². The standard InChI is InChI=1S/C35H33N3O5/c1-23-19-28(33(39)37(2)32-12-6-9-26-8-3-4-11-31(26)32)15-18-30(23)27-10-5-7-25(20-27)22-42-29-16-13-24(14-17-29)21-38-34(40)36-35(41)43-38/h3-5,7-8,10-11,13-20,32H,6,9,12,21-22H2,1-2H3,(H,36,40,41). The lowest BCUT2D eigenvalue weighted by atomic mass is 9.86. The van der Waals surface area contributed by atoms with E-state index in [9.17, 15) is 14.4 Å². The molecule has 1 aromatic heterocycles. The van der Waals surface area contributed by atoms with Gasteiger partial charge in [-0.15, -0.1) is 4.74 Å². The summed E-state index contributed by atoms with van der Waals surface area (Å²) in [5.74, 6) is -0.0597. The van der Waals surface area contributed by atoms with E-state index in [2.05, 4.69) is 41.4 Å². The zero-order valence-corrected chi connectivity index (χ0v) is 24.2. The number of benzene rings is 4. The van der Waals surface area contributed by atoms with E-state index in [1.54, 1.807) is 0 Å². The average Bonchev–Trinajstić information content (AvgIpc) is 3.35.